The number of hydrogen-bond donors (Lipinski definition) is 1. The molecule has 1 saturated heterocycles. The van der Waals surface area contributed by atoms with Crippen LogP contribution in [0.3, 0.4) is 0 Å². The van der Waals surface area contributed by atoms with Crippen LogP contribution in [0.2, 0.25) is 0 Å². The monoisotopic (exact) mass is 342 g/mol. The third-order valence-corrected chi connectivity index (χ3v) is 4.54. The van der Waals surface area contributed by atoms with Crippen molar-refractivity contribution >= 4 is 17.3 Å². The average molecular weight is 342 g/mol. The standard InChI is InChI=1S/C20H23FN2O2/c1-14-11-16(23-9-3-4-10-23)6-7-18(14)22-20(24)13-15-5-8-19(25-2)17(21)12-15/h5-8,11-12H,3-4,9-10,13H2,1-2H3,(H,22,24). The Morgan fingerprint density at radius 1 is 1.20 bits per heavy atom. The molecule has 0 aromatic heterocycles. The number of methoxy groups -OCH3 is 1. The molecule has 0 spiro atoms. The quantitative estimate of drug-likeness (QED) is 0.895. The Morgan fingerprint density at radius 2 is 1.96 bits per heavy atom. The zero-order valence-corrected chi connectivity index (χ0v) is 14.6. The molecule has 1 aliphatic rings. The number of anilines is 2. The van der Waals surface area contributed by atoms with Crippen LogP contribution in [0.5, 0.6) is 5.75 Å². The number of aryl methyl sites for hydroxylation is 1. The molecular weight excluding hydrogens is 319 g/mol. The van der Waals surface area contributed by atoms with Crippen molar-refractivity contribution in [2.45, 2.75) is 26.2 Å². The van der Waals surface area contributed by atoms with E-state index in [0.29, 0.717) is 5.56 Å². The molecule has 25 heavy (non-hydrogen) atoms. The number of nitrogens with zero attached hydrogens (tertiary/aromatic N) is 1. The maximum absolute atomic E-state index is 13.7. The molecule has 2 aromatic rings. The van der Waals surface area contributed by atoms with Crippen molar-refractivity contribution in [1.29, 1.82) is 0 Å². The number of amides is 1. The van der Waals surface area contributed by atoms with E-state index >= 15 is 0 Å². The minimum absolute atomic E-state index is 0.119. The van der Waals surface area contributed by atoms with E-state index in [2.05, 4.69) is 16.3 Å². The predicted octanol–water partition coefficient (Wildman–Crippen LogP) is 3.92. The number of halogens is 1. The topological polar surface area (TPSA) is 41.6 Å². The first-order valence-electron chi connectivity index (χ1n) is 8.54. The fourth-order valence-corrected chi connectivity index (χ4v) is 3.16. The van der Waals surface area contributed by atoms with E-state index in [1.165, 1.54) is 37.8 Å². The Labute approximate surface area is 147 Å². The normalized spacial score (nSPS) is 13.8. The highest BCUT2D eigenvalue weighted by molar-refractivity contribution is 5.93. The molecule has 0 atom stereocenters. The van der Waals surface area contributed by atoms with E-state index in [1.807, 2.05) is 19.1 Å². The first-order valence-corrected chi connectivity index (χ1v) is 8.54. The second-order valence-electron chi connectivity index (χ2n) is 6.39. The largest absolute Gasteiger partial charge is 0.494 e. The molecule has 0 radical (unpaired) electrons. The van der Waals surface area contributed by atoms with E-state index in [9.17, 15) is 9.18 Å². The molecule has 1 fully saturated rings. The highest BCUT2D eigenvalue weighted by Gasteiger charge is 2.14. The van der Waals surface area contributed by atoms with Crippen molar-refractivity contribution in [3.8, 4) is 5.75 Å². The van der Waals surface area contributed by atoms with Crippen LogP contribution in [0.15, 0.2) is 36.4 Å². The summed E-state index contributed by atoms with van der Waals surface area (Å²) in [4.78, 5) is 14.6. The van der Waals surface area contributed by atoms with Gasteiger partial charge in [-0.15, -0.1) is 0 Å². The minimum Gasteiger partial charge on any atom is -0.494 e. The molecule has 0 saturated carbocycles. The smallest absolute Gasteiger partial charge is 0.228 e. The van der Waals surface area contributed by atoms with Gasteiger partial charge in [0.05, 0.1) is 13.5 Å². The van der Waals surface area contributed by atoms with Gasteiger partial charge in [-0.25, -0.2) is 4.39 Å². The summed E-state index contributed by atoms with van der Waals surface area (Å²) in [6.45, 7) is 4.17. The van der Waals surface area contributed by atoms with Gasteiger partial charge >= 0.3 is 0 Å². The lowest BCUT2D eigenvalue weighted by atomic mass is 10.1. The van der Waals surface area contributed by atoms with Gasteiger partial charge in [0.2, 0.25) is 5.91 Å². The molecule has 3 rings (SSSR count). The van der Waals surface area contributed by atoms with E-state index in [0.717, 1.165) is 24.3 Å². The van der Waals surface area contributed by atoms with Crippen LogP contribution in [0.25, 0.3) is 0 Å². The second-order valence-corrected chi connectivity index (χ2v) is 6.39. The first-order chi connectivity index (χ1) is 12.1. The van der Waals surface area contributed by atoms with Gasteiger partial charge in [-0.2, -0.15) is 0 Å². The predicted molar refractivity (Wildman–Crippen MR) is 97.9 cm³/mol. The summed E-state index contributed by atoms with van der Waals surface area (Å²) in [5.74, 6) is -0.446. The Morgan fingerprint density at radius 3 is 2.60 bits per heavy atom. The molecule has 5 heteroatoms. The number of carbonyl (C=O) groups excluding carboxylic acids is 1. The molecule has 0 unspecified atom stereocenters. The van der Waals surface area contributed by atoms with Gasteiger partial charge in [0.25, 0.3) is 0 Å². The highest BCUT2D eigenvalue weighted by atomic mass is 19.1. The lowest BCUT2D eigenvalue weighted by Crippen LogP contribution is -2.18. The Kier molecular flexibility index (Phi) is 5.22. The van der Waals surface area contributed by atoms with Crippen molar-refractivity contribution in [2.75, 3.05) is 30.4 Å². The van der Waals surface area contributed by atoms with Crippen LogP contribution in [-0.4, -0.2) is 26.1 Å². The Bertz CT molecular complexity index is 770. The van der Waals surface area contributed by atoms with Crippen molar-refractivity contribution < 1.29 is 13.9 Å². The Hall–Kier alpha value is -2.56. The fourth-order valence-electron chi connectivity index (χ4n) is 3.16. The van der Waals surface area contributed by atoms with Crippen LogP contribution < -0.4 is 15.0 Å². The molecule has 0 aliphatic carbocycles. The number of hydrogen-bond acceptors (Lipinski definition) is 3. The summed E-state index contributed by atoms with van der Waals surface area (Å²) in [6, 6.07) is 10.7. The SMILES string of the molecule is COc1ccc(CC(=O)Nc2ccc(N3CCCC3)cc2C)cc1F. The van der Waals surface area contributed by atoms with Crippen molar-refractivity contribution in [3.05, 3.63) is 53.3 Å². The highest BCUT2D eigenvalue weighted by Crippen LogP contribution is 2.26. The molecule has 4 nitrogen and oxygen atoms in total. The number of nitrogens with one attached hydrogen (secondary N) is 1. The summed E-state index contributed by atoms with van der Waals surface area (Å²) in [7, 11) is 1.42. The number of rotatable bonds is 5. The summed E-state index contributed by atoms with van der Waals surface area (Å²) in [6.07, 6.45) is 2.58. The summed E-state index contributed by atoms with van der Waals surface area (Å²) < 4.78 is 18.6. The van der Waals surface area contributed by atoms with Gasteiger partial charge in [-0.3, -0.25) is 4.79 Å². The Balaban J connectivity index is 1.65. The maximum Gasteiger partial charge on any atom is 0.228 e. The fraction of sp³-hybridized carbons (Fsp3) is 0.350. The van der Waals surface area contributed by atoms with Gasteiger partial charge < -0.3 is 15.0 Å². The third-order valence-electron chi connectivity index (χ3n) is 4.54. The molecule has 1 N–H and O–H groups in total. The number of ether oxygens (including phenoxy) is 1. The number of benzene rings is 2. The molecule has 1 heterocycles. The van der Waals surface area contributed by atoms with Crippen LogP contribution >= 0.6 is 0 Å². The van der Waals surface area contributed by atoms with Gasteiger partial charge in [0.15, 0.2) is 11.6 Å². The van der Waals surface area contributed by atoms with Gasteiger partial charge in [-0.1, -0.05) is 6.07 Å². The zero-order valence-electron chi connectivity index (χ0n) is 14.6. The summed E-state index contributed by atoms with van der Waals surface area (Å²) in [5, 5.41) is 2.91. The maximum atomic E-state index is 13.7. The molecule has 132 valence electrons. The van der Waals surface area contributed by atoms with E-state index < -0.39 is 5.82 Å². The van der Waals surface area contributed by atoms with Crippen LogP contribution in [0, 0.1) is 12.7 Å². The van der Waals surface area contributed by atoms with Crippen LogP contribution in [-0.2, 0) is 11.2 Å². The van der Waals surface area contributed by atoms with Gasteiger partial charge in [0.1, 0.15) is 0 Å². The zero-order chi connectivity index (χ0) is 17.8. The molecule has 1 amide bonds. The van der Waals surface area contributed by atoms with Crippen LogP contribution in [0.1, 0.15) is 24.0 Å². The minimum atomic E-state index is -0.459. The van der Waals surface area contributed by atoms with E-state index in [1.54, 1.807) is 6.07 Å². The molecule has 2 aromatic carbocycles. The lowest BCUT2D eigenvalue weighted by Gasteiger charge is -2.19. The first kappa shape index (κ1) is 17.3. The third kappa shape index (κ3) is 4.10. The number of carbonyl (C=O) groups is 1. The summed E-state index contributed by atoms with van der Waals surface area (Å²) in [5.41, 5.74) is 3.63. The van der Waals surface area contributed by atoms with Crippen molar-refractivity contribution in [2.24, 2.45) is 0 Å². The molecule has 1 aliphatic heterocycles. The van der Waals surface area contributed by atoms with Gasteiger partial charge in [-0.05, 0) is 61.2 Å². The average Bonchev–Trinajstić information content (AvgIpc) is 3.11. The van der Waals surface area contributed by atoms with Gasteiger partial charge in [0, 0.05) is 24.5 Å². The molecular formula is C20H23FN2O2. The van der Waals surface area contributed by atoms with Crippen molar-refractivity contribution in [3.63, 3.8) is 0 Å². The lowest BCUT2D eigenvalue weighted by molar-refractivity contribution is -0.115. The summed E-state index contributed by atoms with van der Waals surface area (Å²) >= 11 is 0. The van der Waals surface area contributed by atoms with Crippen LogP contribution in [0.4, 0.5) is 15.8 Å². The van der Waals surface area contributed by atoms with E-state index in [-0.39, 0.29) is 18.1 Å². The molecule has 0 bridgehead atoms. The van der Waals surface area contributed by atoms with Crippen molar-refractivity contribution in [1.82, 2.24) is 0 Å². The second kappa shape index (κ2) is 7.55. The van der Waals surface area contributed by atoms with E-state index in [4.69, 9.17) is 4.74 Å².